The van der Waals surface area contributed by atoms with Crippen LogP contribution in [0.4, 0.5) is 0 Å². The van der Waals surface area contributed by atoms with Crippen molar-refractivity contribution in [1.82, 2.24) is 0 Å². The summed E-state index contributed by atoms with van der Waals surface area (Å²) in [6.07, 6.45) is 0.831. The molecule has 3 saturated heterocycles. The van der Waals surface area contributed by atoms with E-state index in [0.29, 0.717) is 18.8 Å². The Kier molecular flexibility index (Phi) is 5.45. The fourth-order valence-electron chi connectivity index (χ4n) is 1.72. The number of phenols is 1. The van der Waals surface area contributed by atoms with E-state index in [0.717, 1.165) is 26.4 Å². The number of esters is 1. The van der Waals surface area contributed by atoms with Gasteiger partial charge in [0.2, 0.25) is 0 Å². The first-order chi connectivity index (χ1) is 11.2. The van der Waals surface area contributed by atoms with Gasteiger partial charge in [-0.25, -0.2) is 4.79 Å². The van der Waals surface area contributed by atoms with Crippen LogP contribution >= 0.6 is 0 Å². The van der Waals surface area contributed by atoms with Crippen molar-refractivity contribution in [1.29, 1.82) is 0 Å². The van der Waals surface area contributed by atoms with Gasteiger partial charge in [0.05, 0.1) is 33.0 Å². The van der Waals surface area contributed by atoms with Crippen LogP contribution in [0.15, 0.2) is 24.3 Å². The molecule has 1 aromatic rings. The number of benzene rings is 1. The summed E-state index contributed by atoms with van der Waals surface area (Å²) in [6, 6.07) is 6.29. The maximum Gasteiger partial charge on any atom is 0.342 e. The van der Waals surface area contributed by atoms with Gasteiger partial charge in [0, 0.05) is 0 Å². The van der Waals surface area contributed by atoms with Crippen molar-refractivity contribution in [3.8, 4) is 5.75 Å². The van der Waals surface area contributed by atoms with Crippen molar-refractivity contribution in [3.05, 3.63) is 29.8 Å². The Bertz CT molecular complexity index is 509. The van der Waals surface area contributed by atoms with Crippen LogP contribution < -0.4 is 0 Å². The number of para-hydroxylation sites is 1. The van der Waals surface area contributed by atoms with Gasteiger partial charge in [-0.2, -0.15) is 0 Å². The van der Waals surface area contributed by atoms with Crippen molar-refractivity contribution in [2.24, 2.45) is 0 Å². The standard InChI is InChI=1S/C10H10O4.C6H10O3/c11-9-4-2-1-3-8(9)10(12)14-6-7-5-13-7;1(5-3-8-5)7-2-6-4-9-6/h1-4,7,11H,5-6H2;5-6H,1-4H2. The molecule has 7 heteroatoms. The zero-order chi connectivity index (χ0) is 16.1. The van der Waals surface area contributed by atoms with Gasteiger partial charge in [-0.15, -0.1) is 0 Å². The molecule has 0 radical (unpaired) electrons. The molecule has 126 valence electrons. The molecule has 4 rings (SSSR count). The van der Waals surface area contributed by atoms with Crippen LogP contribution in [0.3, 0.4) is 0 Å². The molecule has 3 heterocycles. The highest BCUT2D eigenvalue weighted by molar-refractivity contribution is 5.92. The number of epoxide rings is 3. The van der Waals surface area contributed by atoms with Crippen LogP contribution in [0.2, 0.25) is 0 Å². The van der Waals surface area contributed by atoms with Crippen LogP contribution in [0.5, 0.6) is 5.75 Å². The van der Waals surface area contributed by atoms with E-state index in [1.807, 2.05) is 0 Å². The second-order valence-corrected chi connectivity index (χ2v) is 5.52. The van der Waals surface area contributed by atoms with E-state index >= 15 is 0 Å². The summed E-state index contributed by atoms with van der Waals surface area (Å²) >= 11 is 0. The van der Waals surface area contributed by atoms with Crippen LogP contribution in [0, 0.1) is 0 Å². The van der Waals surface area contributed by atoms with Crippen LogP contribution in [-0.4, -0.2) is 69.0 Å². The van der Waals surface area contributed by atoms with Crippen molar-refractivity contribution in [2.75, 3.05) is 39.6 Å². The molecule has 3 unspecified atom stereocenters. The number of ether oxygens (including phenoxy) is 5. The Labute approximate surface area is 134 Å². The van der Waals surface area contributed by atoms with Gasteiger partial charge in [-0.1, -0.05) is 12.1 Å². The number of aromatic hydroxyl groups is 1. The molecule has 0 amide bonds. The molecule has 3 aliphatic rings. The summed E-state index contributed by atoms with van der Waals surface area (Å²) in [4.78, 5) is 11.4. The molecule has 0 aromatic heterocycles. The molecule has 1 N–H and O–H groups in total. The lowest BCUT2D eigenvalue weighted by Gasteiger charge is -2.03. The Morgan fingerprint density at radius 3 is 2.04 bits per heavy atom. The third kappa shape index (κ3) is 6.15. The van der Waals surface area contributed by atoms with E-state index in [9.17, 15) is 9.90 Å². The van der Waals surface area contributed by atoms with Crippen molar-refractivity contribution < 1.29 is 33.6 Å². The van der Waals surface area contributed by atoms with Crippen molar-refractivity contribution in [2.45, 2.75) is 18.3 Å². The fraction of sp³-hybridized carbons (Fsp3) is 0.562. The van der Waals surface area contributed by atoms with Gasteiger partial charge in [0.1, 0.15) is 36.2 Å². The smallest absolute Gasteiger partial charge is 0.342 e. The summed E-state index contributed by atoms with van der Waals surface area (Å²) < 4.78 is 24.9. The third-order valence-corrected chi connectivity index (χ3v) is 3.34. The van der Waals surface area contributed by atoms with Crippen LogP contribution in [0.25, 0.3) is 0 Å². The topological polar surface area (TPSA) is 93.4 Å². The van der Waals surface area contributed by atoms with E-state index in [2.05, 4.69) is 0 Å². The quantitative estimate of drug-likeness (QED) is 0.584. The average molecular weight is 324 g/mol. The fourth-order valence-corrected chi connectivity index (χ4v) is 1.72. The Balaban J connectivity index is 0.000000149. The first-order valence-corrected chi connectivity index (χ1v) is 7.60. The zero-order valence-electron chi connectivity index (χ0n) is 12.7. The first-order valence-electron chi connectivity index (χ1n) is 7.60. The summed E-state index contributed by atoms with van der Waals surface area (Å²) in [5.41, 5.74) is 0.188. The van der Waals surface area contributed by atoms with E-state index in [4.69, 9.17) is 23.7 Å². The SMILES string of the molecule is C(OCC1CO1)C1CO1.O=C(OCC1CO1)c1ccccc1O. The summed E-state index contributed by atoms with van der Waals surface area (Å²) in [6.45, 7) is 4.16. The highest BCUT2D eigenvalue weighted by atomic mass is 16.6. The summed E-state index contributed by atoms with van der Waals surface area (Å²) in [5.74, 6) is -0.576. The van der Waals surface area contributed by atoms with Gasteiger partial charge >= 0.3 is 5.97 Å². The average Bonchev–Trinajstić information content (AvgIpc) is 3.36. The maximum atomic E-state index is 11.4. The molecule has 0 aliphatic carbocycles. The Morgan fingerprint density at radius 2 is 1.52 bits per heavy atom. The minimum atomic E-state index is -0.515. The second-order valence-electron chi connectivity index (χ2n) is 5.52. The van der Waals surface area contributed by atoms with E-state index in [1.165, 1.54) is 12.1 Å². The largest absolute Gasteiger partial charge is 0.507 e. The van der Waals surface area contributed by atoms with Gasteiger partial charge in [-0.05, 0) is 12.1 Å². The normalized spacial score (nSPS) is 26.7. The highest BCUT2D eigenvalue weighted by Crippen LogP contribution is 2.17. The number of rotatable bonds is 7. The number of hydrogen-bond acceptors (Lipinski definition) is 7. The molecule has 3 fully saturated rings. The lowest BCUT2D eigenvalue weighted by molar-refractivity contribution is 0.0473. The van der Waals surface area contributed by atoms with Crippen molar-refractivity contribution in [3.63, 3.8) is 0 Å². The minimum Gasteiger partial charge on any atom is -0.507 e. The van der Waals surface area contributed by atoms with Crippen molar-refractivity contribution >= 4 is 5.97 Å². The predicted molar refractivity (Wildman–Crippen MR) is 78.4 cm³/mol. The Morgan fingerprint density at radius 1 is 1.00 bits per heavy atom. The molecule has 0 saturated carbocycles. The second kappa shape index (κ2) is 7.74. The summed E-state index contributed by atoms with van der Waals surface area (Å²) in [5, 5.41) is 9.33. The molecule has 1 aromatic carbocycles. The number of phenolic OH excluding ortho intramolecular Hbond substituents is 1. The monoisotopic (exact) mass is 324 g/mol. The van der Waals surface area contributed by atoms with Crippen LogP contribution in [0.1, 0.15) is 10.4 Å². The van der Waals surface area contributed by atoms with Gasteiger partial charge in [-0.3, -0.25) is 0 Å². The molecule has 0 spiro atoms. The lowest BCUT2D eigenvalue weighted by atomic mass is 10.2. The molecule has 23 heavy (non-hydrogen) atoms. The molecule has 3 atom stereocenters. The van der Waals surface area contributed by atoms with E-state index in [1.54, 1.807) is 12.1 Å². The van der Waals surface area contributed by atoms with Gasteiger partial charge in [0.15, 0.2) is 0 Å². The Hall–Kier alpha value is -1.67. The molecule has 7 nitrogen and oxygen atoms in total. The minimum absolute atomic E-state index is 0.0461. The zero-order valence-corrected chi connectivity index (χ0v) is 12.7. The van der Waals surface area contributed by atoms with Crippen LogP contribution in [-0.2, 0) is 23.7 Å². The molecular weight excluding hydrogens is 304 g/mol. The maximum absolute atomic E-state index is 11.4. The molecule has 3 aliphatic heterocycles. The predicted octanol–water partition coefficient (Wildman–Crippen LogP) is 0.748. The van der Waals surface area contributed by atoms with E-state index in [-0.39, 0.29) is 24.0 Å². The number of carbonyl (C=O) groups excluding carboxylic acids is 1. The molecule has 0 bridgehead atoms. The van der Waals surface area contributed by atoms with E-state index < -0.39 is 5.97 Å². The number of hydrogen-bond donors (Lipinski definition) is 1. The third-order valence-electron chi connectivity index (χ3n) is 3.34. The first kappa shape index (κ1) is 16.2. The lowest BCUT2D eigenvalue weighted by Crippen LogP contribution is -2.10. The van der Waals surface area contributed by atoms with Gasteiger partial charge < -0.3 is 28.8 Å². The molecular formula is C16H20O7. The summed E-state index contributed by atoms with van der Waals surface area (Å²) in [7, 11) is 0. The van der Waals surface area contributed by atoms with Gasteiger partial charge in [0.25, 0.3) is 0 Å². The number of carbonyl (C=O) groups is 1. The highest BCUT2D eigenvalue weighted by Gasteiger charge is 2.26.